The molecule has 8 heteroatoms. The molecule has 2 saturated heterocycles. The summed E-state index contributed by atoms with van der Waals surface area (Å²) in [5.74, 6) is -1.70. The summed E-state index contributed by atoms with van der Waals surface area (Å²) in [7, 11) is 0. The average Bonchev–Trinajstić information content (AvgIpc) is 2.51. The molecule has 7 nitrogen and oxygen atoms in total. The molecule has 1 N–H and O–H groups in total. The van der Waals surface area contributed by atoms with Gasteiger partial charge in [0.1, 0.15) is 0 Å². The van der Waals surface area contributed by atoms with Crippen molar-refractivity contribution >= 4 is 35.4 Å². The van der Waals surface area contributed by atoms with E-state index in [9.17, 15) is 9.59 Å². The molecule has 2 aliphatic rings. The molecule has 2 rings (SSSR count). The summed E-state index contributed by atoms with van der Waals surface area (Å²) in [6, 6.07) is 0. The van der Waals surface area contributed by atoms with Gasteiger partial charge in [0.15, 0.2) is 11.0 Å². The largest absolute Gasteiger partial charge is 0.379 e. The second-order valence-corrected chi connectivity index (χ2v) is 5.41. The molecule has 2 aliphatic heterocycles. The number of rotatable bonds is 6. The number of hydrogen-bond acceptors (Lipinski definition) is 6. The van der Waals surface area contributed by atoms with Gasteiger partial charge < -0.3 is 10.1 Å². The van der Waals surface area contributed by atoms with E-state index in [1.54, 1.807) is 6.08 Å². The number of nitrogens with zero attached hydrogens (tertiary/aromatic N) is 3. The summed E-state index contributed by atoms with van der Waals surface area (Å²) in [4.78, 5) is 31.9. The number of morpholine rings is 1. The average molecular weight is 324 g/mol. The van der Waals surface area contributed by atoms with Crippen molar-refractivity contribution in [1.29, 1.82) is 0 Å². The fraction of sp³-hybridized carbons (Fsp3) is 0.571. The molecule has 2 heterocycles. The van der Waals surface area contributed by atoms with Gasteiger partial charge in [-0.3, -0.25) is 24.4 Å². The van der Waals surface area contributed by atoms with Crippen molar-refractivity contribution in [2.24, 2.45) is 10.9 Å². The molecule has 1 atom stereocenters. The van der Waals surface area contributed by atoms with Crippen molar-refractivity contribution in [2.45, 2.75) is 0 Å². The van der Waals surface area contributed by atoms with Gasteiger partial charge in [-0.1, -0.05) is 6.08 Å². The highest BCUT2D eigenvalue weighted by Crippen LogP contribution is 2.09. The molecular weight excluding hydrogens is 304 g/mol. The van der Waals surface area contributed by atoms with E-state index in [0.717, 1.165) is 32.8 Å². The molecule has 2 fully saturated rings. The first-order valence-corrected chi connectivity index (χ1v) is 7.61. The first-order chi connectivity index (χ1) is 10.6. The van der Waals surface area contributed by atoms with Crippen molar-refractivity contribution in [2.75, 3.05) is 45.9 Å². The van der Waals surface area contributed by atoms with Crippen LogP contribution in [0.4, 0.5) is 0 Å². The third-order valence-corrected chi connectivity index (χ3v) is 3.83. The molecule has 0 aliphatic carbocycles. The Bertz CT molecular complexity index is 488. The highest BCUT2D eigenvalue weighted by Gasteiger charge is 2.36. The quantitative estimate of drug-likeness (QED) is 0.307. The van der Waals surface area contributed by atoms with Gasteiger partial charge in [0.05, 0.1) is 19.8 Å². The van der Waals surface area contributed by atoms with Crippen LogP contribution in [0.5, 0.6) is 0 Å². The van der Waals surface area contributed by atoms with Crippen LogP contribution in [-0.2, 0) is 14.3 Å². The van der Waals surface area contributed by atoms with Crippen molar-refractivity contribution in [3.05, 3.63) is 12.7 Å². The Morgan fingerprint density at radius 2 is 2.14 bits per heavy atom. The van der Waals surface area contributed by atoms with E-state index in [4.69, 9.17) is 17.0 Å². The Balaban J connectivity index is 1.87. The molecule has 0 spiro atoms. The minimum absolute atomic E-state index is 0.118. The molecule has 22 heavy (non-hydrogen) atoms. The summed E-state index contributed by atoms with van der Waals surface area (Å²) in [6.07, 6.45) is 2.98. The van der Waals surface area contributed by atoms with Crippen molar-refractivity contribution in [3.8, 4) is 0 Å². The maximum atomic E-state index is 12.2. The molecule has 2 amide bonds. The number of carbonyl (C=O) groups excluding carboxylic acids is 2. The second-order valence-electron chi connectivity index (χ2n) is 5.02. The molecule has 120 valence electrons. The van der Waals surface area contributed by atoms with E-state index >= 15 is 0 Å². The van der Waals surface area contributed by atoms with Gasteiger partial charge in [-0.05, 0) is 12.2 Å². The fourth-order valence-electron chi connectivity index (χ4n) is 2.27. The Morgan fingerprint density at radius 3 is 2.82 bits per heavy atom. The van der Waals surface area contributed by atoms with Crippen LogP contribution >= 0.6 is 12.2 Å². The van der Waals surface area contributed by atoms with Gasteiger partial charge in [-0.25, -0.2) is 0 Å². The maximum absolute atomic E-state index is 12.2. The van der Waals surface area contributed by atoms with Gasteiger partial charge in [-0.15, -0.1) is 6.58 Å². The van der Waals surface area contributed by atoms with E-state index in [1.807, 2.05) is 0 Å². The molecule has 0 aromatic rings. The van der Waals surface area contributed by atoms with Crippen LogP contribution in [0.1, 0.15) is 0 Å². The van der Waals surface area contributed by atoms with Crippen molar-refractivity contribution in [3.63, 3.8) is 0 Å². The van der Waals surface area contributed by atoms with Crippen LogP contribution < -0.4 is 5.32 Å². The molecule has 0 radical (unpaired) electrons. The first-order valence-electron chi connectivity index (χ1n) is 7.20. The number of amides is 2. The molecular formula is C14H20N4O3S. The van der Waals surface area contributed by atoms with Crippen LogP contribution in [0, 0.1) is 5.92 Å². The number of ether oxygens (including phenoxy) is 1. The summed E-state index contributed by atoms with van der Waals surface area (Å²) >= 11 is 4.98. The summed E-state index contributed by atoms with van der Waals surface area (Å²) in [6.45, 7) is 8.44. The number of carbonyl (C=O) groups is 2. The standard InChI is InChI=1S/C14H20N4O3S/c1-2-4-18-13(20)11(12(19)16-14(18)22)10-15-3-5-17-6-8-21-9-7-17/h2,10-11H,1,3-9H2,(H,16,19,22)/t11-/m0/s1. The number of thiocarbonyl (C=S) groups is 1. The van der Waals surface area contributed by atoms with Gasteiger partial charge in [-0.2, -0.15) is 0 Å². The highest BCUT2D eigenvalue weighted by molar-refractivity contribution is 7.80. The lowest BCUT2D eigenvalue weighted by Crippen LogP contribution is -2.58. The minimum atomic E-state index is -0.920. The van der Waals surface area contributed by atoms with Crippen LogP contribution in [0.25, 0.3) is 0 Å². The van der Waals surface area contributed by atoms with E-state index in [0.29, 0.717) is 6.54 Å². The Labute approximate surface area is 135 Å². The van der Waals surface area contributed by atoms with Gasteiger partial charge in [0.2, 0.25) is 11.8 Å². The third kappa shape index (κ3) is 4.19. The van der Waals surface area contributed by atoms with Gasteiger partial charge >= 0.3 is 0 Å². The normalized spacial score (nSPS) is 23.9. The van der Waals surface area contributed by atoms with Crippen LogP contribution in [-0.4, -0.2) is 78.9 Å². The van der Waals surface area contributed by atoms with Crippen molar-refractivity contribution in [1.82, 2.24) is 15.1 Å². The number of aliphatic imine (C=N–C) groups is 1. The predicted molar refractivity (Wildman–Crippen MR) is 86.8 cm³/mol. The Kier molecular flexibility index (Phi) is 6.17. The van der Waals surface area contributed by atoms with E-state index in [1.165, 1.54) is 11.1 Å². The van der Waals surface area contributed by atoms with E-state index in [2.05, 4.69) is 21.8 Å². The van der Waals surface area contributed by atoms with Crippen molar-refractivity contribution < 1.29 is 14.3 Å². The highest BCUT2D eigenvalue weighted by atomic mass is 32.1. The number of nitrogens with one attached hydrogen (secondary N) is 1. The Hall–Kier alpha value is -1.64. The lowest BCUT2D eigenvalue weighted by Gasteiger charge is -2.30. The van der Waals surface area contributed by atoms with E-state index < -0.39 is 11.8 Å². The topological polar surface area (TPSA) is 74.2 Å². The minimum Gasteiger partial charge on any atom is -0.379 e. The second kappa shape index (κ2) is 8.11. The fourth-order valence-corrected chi connectivity index (χ4v) is 2.53. The zero-order valence-corrected chi connectivity index (χ0v) is 13.2. The van der Waals surface area contributed by atoms with Crippen LogP contribution in [0.3, 0.4) is 0 Å². The van der Waals surface area contributed by atoms with Crippen LogP contribution in [0.15, 0.2) is 17.6 Å². The monoisotopic (exact) mass is 324 g/mol. The SMILES string of the molecule is C=CCN1C(=O)[C@@H](C=NCCN2CCOCC2)C(=O)NC1=S. The number of hydrogen-bond donors (Lipinski definition) is 1. The summed E-state index contributed by atoms with van der Waals surface area (Å²) in [5.41, 5.74) is 0. The summed E-state index contributed by atoms with van der Waals surface area (Å²) < 4.78 is 5.27. The van der Waals surface area contributed by atoms with Gasteiger partial charge in [0, 0.05) is 32.4 Å². The molecule has 0 aromatic carbocycles. The predicted octanol–water partition coefficient (Wildman–Crippen LogP) is -0.565. The first kappa shape index (κ1) is 16.7. The summed E-state index contributed by atoms with van der Waals surface area (Å²) in [5, 5.41) is 2.63. The van der Waals surface area contributed by atoms with E-state index in [-0.39, 0.29) is 17.6 Å². The maximum Gasteiger partial charge on any atom is 0.247 e. The van der Waals surface area contributed by atoms with Crippen LogP contribution in [0.2, 0.25) is 0 Å². The lowest BCUT2D eigenvalue weighted by atomic mass is 10.1. The molecule has 0 bridgehead atoms. The third-order valence-electron chi connectivity index (χ3n) is 3.51. The van der Waals surface area contributed by atoms with Gasteiger partial charge in [0.25, 0.3) is 0 Å². The smallest absolute Gasteiger partial charge is 0.247 e. The Morgan fingerprint density at radius 1 is 1.41 bits per heavy atom. The molecule has 0 saturated carbocycles. The zero-order chi connectivity index (χ0) is 15.9. The lowest BCUT2D eigenvalue weighted by molar-refractivity contribution is -0.137. The molecule has 0 aromatic heterocycles. The molecule has 0 unspecified atom stereocenters. The zero-order valence-electron chi connectivity index (χ0n) is 12.4.